The summed E-state index contributed by atoms with van der Waals surface area (Å²) in [6, 6.07) is 5.13. The first-order valence-corrected chi connectivity index (χ1v) is 6.41. The average Bonchev–Trinajstić information content (AvgIpc) is 3.01. The summed E-state index contributed by atoms with van der Waals surface area (Å²) >= 11 is 0. The number of carbonyl (C=O) groups is 1. The Labute approximate surface area is 126 Å². The minimum Gasteiger partial charge on any atom is -0.498 e. The molecule has 0 atom stereocenters. The van der Waals surface area contributed by atoms with Crippen molar-refractivity contribution in [3.63, 3.8) is 0 Å². The molecule has 116 valence electrons. The number of nitrogens with two attached hydrogens (primary N) is 1. The van der Waals surface area contributed by atoms with Gasteiger partial charge in [0.15, 0.2) is 17.2 Å². The largest absolute Gasteiger partial charge is 0.498 e. The van der Waals surface area contributed by atoms with Crippen LogP contribution in [0.2, 0.25) is 0 Å². The number of carbonyl (C=O) groups excluding carboxylic acids is 1. The number of rotatable bonds is 8. The molecule has 0 bridgehead atoms. The van der Waals surface area contributed by atoms with E-state index in [0.717, 1.165) is 0 Å². The van der Waals surface area contributed by atoms with Gasteiger partial charge in [0.2, 0.25) is 0 Å². The number of hydrogen-bond donors (Lipinski definition) is 2. The summed E-state index contributed by atoms with van der Waals surface area (Å²) in [5, 5.41) is 10.0. The SMILES string of the molecule is C=COCCOc1ccc(-c2n[nH]nc2C(N)=O)cc1OC. The number of hydrogen-bond acceptors (Lipinski definition) is 6. The summed E-state index contributed by atoms with van der Waals surface area (Å²) < 4.78 is 15.8. The van der Waals surface area contributed by atoms with Crippen molar-refractivity contribution < 1.29 is 19.0 Å². The minimum atomic E-state index is -0.662. The number of methoxy groups -OCH3 is 1. The first-order valence-electron chi connectivity index (χ1n) is 6.41. The van der Waals surface area contributed by atoms with E-state index >= 15 is 0 Å². The summed E-state index contributed by atoms with van der Waals surface area (Å²) in [5.41, 5.74) is 6.30. The highest BCUT2D eigenvalue weighted by molar-refractivity contribution is 5.96. The molecule has 8 heteroatoms. The Bertz CT molecular complexity index is 669. The lowest BCUT2D eigenvalue weighted by atomic mass is 10.1. The topological polar surface area (TPSA) is 112 Å². The van der Waals surface area contributed by atoms with Crippen LogP contribution in [0.15, 0.2) is 31.0 Å². The van der Waals surface area contributed by atoms with Crippen molar-refractivity contribution >= 4 is 5.91 Å². The lowest BCUT2D eigenvalue weighted by Crippen LogP contribution is -2.12. The van der Waals surface area contributed by atoms with Crippen LogP contribution in [-0.4, -0.2) is 41.6 Å². The number of amides is 1. The summed E-state index contributed by atoms with van der Waals surface area (Å²) in [6.07, 6.45) is 1.35. The van der Waals surface area contributed by atoms with Crippen molar-refractivity contribution in [1.82, 2.24) is 15.4 Å². The molecular formula is C14H16N4O4. The highest BCUT2D eigenvalue weighted by Crippen LogP contribution is 2.32. The third kappa shape index (κ3) is 3.35. The third-order valence-corrected chi connectivity index (χ3v) is 2.79. The number of primary amides is 1. The Kier molecular flexibility index (Phi) is 4.97. The molecule has 0 radical (unpaired) electrons. The zero-order valence-electron chi connectivity index (χ0n) is 12.0. The summed E-state index contributed by atoms with van der Waals surface area (Å²) in [7, 11) is 1.52. The van der Waals surface area contributed by atoms with Crippen LogP contribution in [-0.2, 0) is 4.74 Å². The molecule has 1 aromatic heterocycles. The van der Waals surface area contributed by atoms with E-state index < -0.39 is 5.91 Å². The first-order chi connectivity index (χ1) is 10.7. The van der Waals surface area contributed by atoms with E-state index in [-0.39, 0.29) is 5.69 Å². The Hall–Kier alpha value is -3.03. The van der Waals surface area contributed by atoms with Crippen molar-refractivity contribution in [2.45, 2.75) is 0 Å². The van der Waals surface area contributed by atoms with Crippen molar-refractivity contribution in [3.05, 3.63) is 36.7 Å². The molecule has 0 aliphatic heterocycles. The van der Waals surface area contributed by atoms with Crippen molar-refractivity contribution in [2.75, 3.05) is 20.3 Å². The molecule has 0 saturated carbocycles. The van der Waals surface area contributed by atoms with Crippen LogP contribution in [0, 0.1) is 0 Å². The predicted octanol–water partition coefficient (Wildman–Crippen LogP) is 1.12. The molecule has 1 heterocycles. The van der Waals surface area contributed by atoms with Gasteiger partial charge in [-0.05, 0) is 18.2 Å². The van der Waals surface area contributed by atoms with Gasteiger partial charge in [-0.1, -0.05) is 6.58 Å². The lowest BCUT2D eigenvalue weighted by Gasteiger charge is -2.11. The van der Waals surface area contributed by atoms with Gasteiger partial charge in [0, 0.05) is 5.56 Å². The highest BCUT2D eigenvalue weighted by Gasteiger charge is 2.17. The molecule has 8 nitrogen and oxygen atoms in total. The fourth-order valence-corrected chi connectivity index (χ4v) is 1.82. The van der Waals surface area contributed by atoms with E-state index in [1.807, 2.05) is 0 Å². The second-order valence-electron chi connectivity index (χ2n) is 4.14. The molecule has 0 spiro atoms. The predicted molar refractivity (Wildman–Crippen MR) is 78.5 cm³/mol. The van der Waals surface area contributed by atoms with Crippen LogP contribution in [0.5, 0.6) is 11.5 Å². The van der Waals surface area contributed by atoms with Crippen molar-refractivity contribution in [2.24, 2.45) is 5.73 Å². The molecule has 1 aromatic carbocycles. The quantitative estimate of drug-likeness (QED) is 0.558. The minimum absolute atomic E-state index is 0.0649. The third-order valence-electron chi connectivity index (χ3n) is 2.79. The maximum atomic E-state index is 11.3. The van der Waals surface area contributed by atoms with Crippen LogP contribution in [0.25, 0.3) is 11.3 Å². The number of nitrogens with one attached hydrogen (secondary N) is 1. The van der Waals surface area contributed by atoms with E-state index in [4.69, 9.17) is 19.9 Å². The lowest BCUT2D eigenvalue weighted by molar-refractivity contribution is 0.0996. The van der Waals surface area contributed by atoms with Crippen LogP contribution in [0.1, 0.15) is 10.5 Å². The van der Waals surface area contributed by atoms with E-state index in [2.05, 4.69) is 22.0 Å². The van der Waals surface area contributed by atoms with E-state index in [0.29, 0.717) is 36.0 Å². The standard InChI is InChI=1S/C14H16N4O4/c1-3-21-6-7-22-10-5-4-9(8-11(10)20-2)12-13(14(15)19)17-18-16-12/h3-5,8H,1,6-7H2,2H3,(H2,15,19)(H,16,17,18). The molecule has 2 rings (SSSR count). The van der Waals surface area contributed by atoms with Gasteiger partial charge in [-0.25, -0.2) is 0 Å². The van der Waals surface area contributed by atoms with Gasteiger partial charge >= 0.3 is 0 Å². The normalized spacial score (nSPS) is 10.0. The molecule has 0 aliphatic rings. The number of aromatic amines is 1. The van der Waals surface area contributed by atoms with Crippen LogP contribution >= 0.6 is 0 Å². The second kappa shape index (κ2) is 7.11. The van der Waals surface area contributed by atoms with Gasteiger partial charge in [0.05, 0.1) is 13.4 Å². The number of aromatic nitrogens is 3. The molecule has 2 aromatic rings. The van der Waals surface area contributed by atoms with Crippen LogP contribution < -0.4 is 15.2 Å². The van der Waals surface area contributed by atoms with Gasteiger partial charge < -0.3 is 19.9 Å². The van der Waals surface area contributed by atoms with E-state index in [1.54, 1.807) is 18.2 Å². The number of benzene rings is 1. The fraction of sp³-hybridized carbons (Fsp3) is 0.214. The fourth-order valence-electron chi connectivity index (χ4n) is 1.82. The van der Waals surface area contributed by atoms with Gasteiger partial charge in [-0.15, -0.1) is 0 Å². The van der Waals surface area contributed by atoms with Crippen molar-refractivity contribution in [1.29, 1.82) is 0 Å². The van der Waals surface area contributed by atoms with Crippen molar-refractivity contribution in [3.8, 4) is 22.8 Å². The van der Waals surface area contributed by atoms with Crippen LogP contribution in [0.3, 0.4) is 0 Å². The first kappa shape index (κ1) is 15.4. The molecule has 3 N–H and O–H groups in total. The summed E-state index contributed by atoms with van der Waals surface area (Å²) in [5.74, 6) is 0.377. The Morgan fingerprint density at radius 1 is 1.36 bits per heavy atom. The molecule has 22 heavy (non-hydrogen) atoms. The van der Waals surface area contributed by atoms with E-state index in [1.165, 1.54) is 13.4 Å². The van der Waals surface area contributed by atoms with Gasteiger partial charge in [-0.3, -0.25) is 4.79 Å². The molecule has 1 amide bonds. The van der Waals surface area contributed by atoms with Crippen LogP contribution in [0.4, 0.5) is 0 Å². The molecule has 0 saturated heterocycles. The van der Waals surface area contributed by atoms with Gasteiger partial charge in [0.25, 0.3) is 5.91 Å². The summed E-state index contributed by atoms with van der Waals surface area (Å²) in [6.45, 7) is 4.17. The Morgan fingerprint density at radius 3 is 2.86 bits per heavy atom. The maximum absolute atomic E-state index is 11.3. The second-order valence-corrected chi connectivity index (χ2v) is 4.14. The highest BCUT2D eigenvalue weighted by atomic mass is 16.5. The number of ether oxygens (including phenoxy) is 3. The monoisotopic (exact) mass is 304 g/mol. The zero-order chi connectivity index (χ0) is 15.9. The maximum Gasteiger partial charge on any atom is 0.271 e. The smallest absolute Gasteiger partial charge is 0.271 e. The Morgan fingerprint density at radius 2 is 2.18 bits per heavy atom. The summed E-state index contributed by atoms with van der Waals surface area (Å²) in [4.78, 5) is 11.3. The average molecular weight is 304 g/mol. The molecule has 0 aliphatic carbocycles. The van der Waals surface area contributed by atoms with Gasteiger partial charge in [0.1, 0.15) is 18.9 Å². The van der Waals surface area contributed by atoms with E-state index in [9.17, 15) is 4.79 Å². The zero-order valence-corrected chi connectivity index (χ0v) is 12.0. The Balaban J connectivity index is 2.23. The molecule has 0 unspecified atom stereocenters. The van der Waals surface area contributed by atoms with Gasteiger partial charge in [-0.2, -0.15) is 15.4 Å². The molecule has 0 fully saturated rings. The number of H-pyrrole nitrogens is 1. The number of nitrogens with zero attached hydrogens (tertiary/aromatic N) is 2. The molecular weight excluding hydrogens is 288 g/mol.